The van der Waals surface area contributed by atoms with E-state index in [4.69, 9.17) is 9.73 Å². The standard InChI is InChI=1S/C24H38N4O2.HI/c1-4-25-24(26-15-20-11-7-8-12-22(20)30-17-18(2)3)27-21-13-14-28(16-21)23(29)19-9-5-6-10-19;/h7-8,11-12,18-19,21H,4-6,9-10,13-17H2,1-3H3,(H2,25,26,27);1H. The molecule has 7 heteroatoms. The number of carbonyl (C=O) groups is 1. The fourth-order valence-corrected chi connectivity index (χ4v) is 4.22. The van der Waals surface area contributed by atoms with E-state index in [0.717, 1.165) is 56.2 Å². The van der Waals surface area contributed by atoms with Gasteiger partial charge in [-0.25, -0.2) is 4.99 Å². The molecule has 1 amide bonds. The van der Waals surface area contributed by atoms with E-state index in [-0.39, 0.29) is 35.9 Å². The van der Waals surface area contributed by atoms with Gasteiger partial charge in [0.15, 0.2) is 5.96 Å². The van der Waals surface area contributed by atoms with Crippen molar-refractivity contribution in [3.8, 4) is 5.75 Å². The van der Waals surface area contributed by atoms with Crippen molar-refractivity contribution in [3.63, 3.8) is 0 Å². The number of para-hydroxylation sites is 1. The van der Waals surface area contributed by atoms with Crippen LogP contribution in [0.3, 0.4) is 0 Å². The smallest absolute Gasteiger partial charge is 0.225 e. The van der Waals surface area contributed by atoms with Crippen molar-refractivity contribution in [2.45, 2.75) is 65.5 Å². The maximum Gasteiger partial charge on any atom is 0.225 e. The lowest BCUT2D eigenvalue weighted by Crippen LogP contribution is -2.45. The largest absolute Gasteiger partial charge is 0.493 e. The Morgan fingerprint density at radius 1 is 1.23 bits per heavy atom. The van der Waals surface area contributed by atoms with Crippen molar-refractivity contribution in [3.05, 3.63) is 29.8 Å². The Kier molecular flexibility index (Phi) is 10.9. The van der Waals surface area contributed by atoms with Crippen LogP contribution in [-0.4, -0.2) is 49.0 Å². The summed E-state index contributed by atoms with van der Waals surface area (Å²) in [6.07, 6.45) is 5.50. The summed E-state index contributed by atoms with van der Waals surface area (Å²) >= 11 is 0. The summed E-state index contributed by atoms with van der Waals surface area (Å²) in [5, 5.41) is 6.88. The van der Waals surface area contributed by atoms with Crippen molar-refractivity contribution in [1.29, 1.82) is 0 Å². The molecule has 174 valence electrons. The minimum Gasteiger partial charge on any atom is -0.493 e. The zero-order chi connectivity index (χ0) is 21.3. The van der Waals surface area contributed by atoms with Crippen molar-refractivity contribution in [1.82, 2.24) is 15.5 Å². The number of amides is 1. The first-order valence-corrected chi connectivity index (χ1v) is 11.6. The SMILES string of the molecule is CCNC(=NCc1ccccc1OCC(C)C)NC1CCN(C(=O)C2CCCC2)C1.I. The fourth-order valence-electron chi connectivity index (χ4n) is 4.22. The van der Waals surface area contributed by atoms with Gasteiger partial charge in [-0.3, -0.25) is 4.79 Å². The van der Waals surface area contributed by atoms with Gasteiger partial charge >= 0.3 is 0 Å². The number of halogens is 1. The molecule has 1 aromatic carbocycles. The Bertz CT molecular complexity index is 719. The molecule has 1 heterocycles. The second-order valence-electron chi connectivity index (χ2n) is 8.90. The molecule has 1 saturated heterocycles. The number of carbonyl (C=O) groups excluding carboxylic acids is 1. The molecule has 31 heavy (non-hydrogen) atoms. The molecule has 0 spiro atoms. The van der Waals surface area contributed by atoms with E-state index in [0.29, 0.717) is 25.0 Å². The summed E-state index contributed by atoms with van der Waals surface area (Å²) in [5.74, 6) is 2.80. The predicted octanol–water partition coefficient (Wildman–Crippen LogP) is 4.19. The number of hydrogen-bond acceptors (Lipinski definition) is 3. The van der Waals surface area contributed by atoms with Gasteiger partial charge in [0.05, 0.1) is 13.2 Å². The van der Waals surface area contributed by atoms with E-state index in [1.165, 1.54) is 12.8 Å². The molecule has 1 atom stereocenters. The average molecular weight is 543 g/mol. The van der Waals surface area contributed by atoms with Crippen LogP contribution in [0.4, 0.5) is 0 Å². The first-order chi connectivity index (χ1) is 14.6. The summed E-state index contributed by atoms with van der Waals surface area (Å²) in [7, 11) is 0. The summed E-state index contributed by atoms with van der Waals surface area (Å²) in [5.41, 5.74) is 1.08. The monoisotopic (exact) mass is 542 g/mol. The van der Waals surface area contributed by atoms with Crippen molar-refractivity contribution < 1.29 is 9.53 Å². The number of nitrogens with zero attached hydrogens (tertiary/aromatic N) is 2. The van der Waals surface area contributed by atoms with Crippen LogP contribution in [0, 0.1) is 11.8 Å². The van der Waals surface area contributed by atoms with E-state index in [1.807, 2.05) is 23.1 Å². The van der Waals surface area contributed by atoms with Gasteiger partial charge < -0.3 is 20.3 Å². The zero-order valence-electron chi connectivity index (χ0n) is 19.2. The van der Waals surface area contributed by atoms with Gasteiger partial charge in [0.2, 0.25) is 5.91 Å². The Hall–Kier alpha value is -1.51. The molecule has 0 bridgehead atoms. The van der Waals surface area contributed by atoms with Gasteiger partial charge in [0.25, 0.3) is 0 Å². The maximum absolute atomic E-state index is 12.7. The molecule has 0 radical (unpaired) electrons. The first kappa shape index (κ1) is 25.7. The number of rotatable bonds is 8. The average Bonchev–Trinajstić information content (AvgIpc) is 3.43. The lowest BCUT2D eigenvalue weighted by molar-refractivity contribution is -0.134. The molecular formula is C24H39IN4O2. The second-order valence-corrected chi connectivity index (χ2v) is 8.90. The molecule has 2 aliphatic rings. The van der Waals surface area contributed by atoms with Gasteiger partial charge in [-0.2, -0.15) is 0 Å². The summed E-state index contributed by atoms with van der Waals surface area (Å²) in [4.78, 5) is 19.5. The second kappa shape index (κ2) is 13.1. The van der Waals surface area contributed by atoms with Crippen LogP contribution in [0.5, 0.6) is 5.75 Å². The molecule has 2 fully saturated rings. The van der Waals surface area contributed by atoms with E-state index in [2.05, 4.69) is 37.5 Å². The van der Waals surface area contributed by atoms with Crippen molar-refractivity contribution in [2.75, 3.05) is 26.2 Å². The normalized spacial score (nSPS) is 19.4. The highest BCUT2D eigenvalue weighted by molar-refractivity contribution is 14.0. The topological polar surface area (TPSA) is 66.0 Å². The van der Waals surface area contributed by atoms with E-state index >= 15 is 0 Å². The molecule has 1 aliphatic carbocycles. The summed E-state index contributed by atoms with van der Waals surface area (Å²) in [6, 6.07) is 8.36. The number of likely N-dealkylation sites (tertiary alicyclic amines) is 1. The van der Waals surface area contributed by atoms with Crippen molar-refractivity contribution in [2.24, 2.45) is 16.8 Å². The lowest BCUT2D eigenvalue weighted by Gasteiger charge is -2.21. The number of nitrogens with one attached hydrogen (secondary N) is 2. The number of aliphatic imine (C=N–C) groups is 1. The highest BCUT2D eigenvalue weighted by Crippen LogP contribution is 2.28. The Labute approximate surface area is 204 Å². The third-order valence-corrected chi connectivity index (χ3v) is 5.84. The van der Waals surface area contributed by atoms with Crippen molar-refractivity contribution >= 4 is 35.8 Å². The lowest BCUT2D eigenvalue weighted by atomic mass is 10.1. The molecule has 0 aromatic heterocycles. The quantitative estimate of drug-likeness (QED) is 0.294. The van der Waals surface area contributed by atoms with E-state index in [1.54, 1.807) is 0 Å². The molecule has 2 N–H and O–H groups in total. The Balaban J connectivity index is 0.00000341. The molecule has 1 saturated carbocycles. The van der Waals surface area contributed by atoms with Crippen LogP contribution >= 0.6 is 24.0 Å². The summed E-state index contributed by atoms with van der Waals surface area (Å²) < 4.78 is 5.96. The van der Waals surface area contributed by atoms with Crippen LogP contribution < -0.4 is 15.4 Å². The number of guanidine groups is 1. The van der Waals surface area contributed by atoms with Gasteiger partial charge in [0.1, 0.15) is 5.75 Å². The van der Waals surface area contributed by atoms with Crippen LogP contribution in [-0.2, 0) is 11.3 Å². The maximum atomic E-state index is 12.7. The minimum absolute atomic E-state index is 0. The van der Waals surface area contributed by atoms with Gasteiger partial charge in [-0.1, -0.05) is 44.9 Å². The fraction of sp³-hybridized carbons (Fsp3) is 0.667. The van der Waals surface area contributed by atoms with Gasteiger partial charge in [-0.15, -0.1) is 24.0 Å². The van der Waals surface area contributed by atoms with Crippen LogP contribution in [0.25, 0.3) is 0 Å². The number of hydrogen-bond donors (Lipinski definition) is 2. The zero-order valence-corrected chi connectivity index (χ0v) is 21.6. The first-order valence-electron chi connectivity index (χ1n) is 11.6. The number of benzene rings is 1. The van der Waals surface area contributed by atoms with Crippen LogP contribution in [0.15, 0.2) is 29.3 Å². The third kappa shape index (κ3) is 7.84. The van der Waals surface area contributed by atoms with E-state index < -0.39 is 0 Å². The Morgan fingerprint density at radius 3 is 2.68 bits per heavy atom. The molecule has 3 rings (SSSR count). The van der Waals surface area contributed by atoms with Gasteiger partial charge in [-0.05, 0) is 38.2 Å². The highest BCUT2D eigenvalue weighted by atomic mass is 127. The highest BCUT2D eigenvalue weighted by Gasteiger charge is 2.32. The van der Waals surface area contributed by atoms with Crippen LogP contribution in [0.1, 0.15) is 58.4 Å². The minimum atomic E-state index is 0. The van der Waals surface area contributed by atoms with Crippen LogP contribution in [0.2, 0.25) is 0 Å². The molecular weight excluding hydrogens is 503 g/mol. The molecule has 6 nitrogen and oxygen atoms in total. The molecule has 1 aromatic rings. The number of ether oxygens (including phenoxy) is 1. The predicted molar refractivity (Wildman–Crippen MR) is 137 cm³/mol. The van der Waals surface area contributed by atoms with Gasteiger partial charge in [0, 0.05) is 37.2 Å². The third-order valence-electron chi connectivity index (χ3n) is 5.84. The molecule has 1 unspecified atom stereocenters. The molecule has 1 aliphatic heterocycles. The van der Waals surface area contributed by atoms with E-state index in [9.17, 15) is 4.79 Å². The Morgan fingerprint density at radius 2 is 1.97 bits per heavy atom. The summed E-state index contributed by atoms with van der Waals surface area (Å²) in [6.45, 7) is 10.0.